The lowest BCUT2D eigenvalue weighted by Crippen LogP contribution is -2.46. The van der Waals surface area contributed by atoms with Crippen LogP contribution in [0.1, 0.15) is 252 Å². The summed E-state index contributed by atoms with van der Waals surface area (Å²) in [5.74, 6) is -0.544. The third-order valence-corrected chi connectivity index (χ3v) is 12.0. The lowest BCUT2D eigenvalue weighted by Gasteiger charge is -2.24. The highest BCUT2D eigenvalue weighted by atomic mass is 16.5. The van der Waals surface area contributed by atoms with E-state index in [0.717, 1.165) is 57.8 Å². The van der Waals surface area contributed by atoms with Gasteiger partial charge in [-0.15, -0.1) is 0 Å². The molecule has 0 aromatic rings. The van der Waals surface area contributed by atoms with Gasteiger partial charge in [0.25, 0.3) is 0 Å². The number of esters is 1. The Morgan fingerprint density at radius 2 is 0.857 bits per heavy atom. The molecule has 0 aliphatic heterocycles. The van der Waals surface area contributed by atoms with Crippen molar-refractivity contribution >= 4 is 11.9 Å². The van der Waals surface area contributed by atoms with Gasteiger partial charge in [0.15, 0.2) is 0 Å². The van der Waals surface area contributed by atoms with Gasteiger partial charge in [-0.1, -0.05) is 273 Å². The van der Waals surface area contributed by atoms with E-state index in [4.69, 9.17) is 4.74 Å². The Labute approximate surface area is 390 Å². The Morgan fingerprint density at radius 3 is 1.27 bits per heavy atom. The molecule has 3 N–H and O–H groups in total. The van der Waals surface area contributed by atoms with Crippen molar-refractivity contribution in [2.75, 3.05) is 6.61 Å². The number of aliphatic hydroxyl groups excluding tert-OH is 2. The van der Waals surface area contributed by atoms with Crippen molar-refractivity contribution in [1.29, 1.82) is 0 Å². The van der Waals surface area contributed by atoms with Gasteiger partial charge in [0, 0.05) is 6.42 Å². The van der Waals surface area contributed by atoms with Crippen LogP contribution in [0.15, 0.2) is 72.9 Å². The topological polar surface area (TPSA) is 95.9 Å². The smallest absolute Gasteiger partial charge is 0.306 e. The number of amides is 1. The van der Waals surface area contributed by atoms with Crippen molar-refractivity contribution < 1.29 is 24.5 Å². The first-order valence-corrected chi connectivity index (χ1v) is 26.7. The predicted octanol–water partition coefficient (Wildman–Crippen LogP) is 16.2. The van der Waals surface area contributed by atoms with E-state index in [1.54, 1.807) is 0 Å². The van der Waals surface area contributed by atoms with Gasteiger partial charge in [-0.3, -0.25) is 9.59 Å². The minimum atomic E-state index is -0.809. The number of ether oxygens (including phenoxy) is 1. The van der Waals surface area contributed by atoms with Crippen LogP contribution in [0.5, 0.6) is 0 Å². The van der Waals surface area contributed by atoms with Crippen molar-refractivity contribution in [2.45, 2.75) is 270 Å². The molecular formula is C57H101NO5. The number of aliphatic hydroxyl groups is 2. The van der Waals surface area contributed by atoms with E-state index in [2.05, 4.69) is 38.2 Å². The number of carbonyl (C=O) groups excluding carboxylic acids is 2. The van der Waals surface area contributed by atoms with Gasteiger partial charge >= 0.3 is 5.97 Å². The first-order chi connectivity index (χ1) is 31.0. The van der Waals surface area contributed by atoms with Crippen LogP contribution in [0, 0.1) is 0 Å². The summed E-state index contributed by atoms with van der Waals surface area (Å²) in [6, 6.07) is -0.727. The molecule has 0 radical (unpaired) electrons. The zero-order valence-corrected chi connectivity index (χ0v) is 41.4. The lowest BCUT2D eigenvalue weighted by atomic mass is 10.0. The Kier molecular flexibility index (Phi) is 48.1. The highest BCUT2D eigenvalue weighted by Gasteiger charge is 2.24. The molecule has 63 heavy (non-hydrogen) atoms. The minimum absolute atomic E-state index is 0.0265. The molecule has 364 valence electrons. The summed E-state index contributed by atoms with van der Waals surface area (Å²) in [4.78, 5) is 26.2. The second-order valence-electron chi connectivity index (χ2n) is 18.1. The molecule has 0 aromatic heterocycles. The Hall–Kier alpha value is -2.70. The summed E-state index contributed by atoms with van der Waals surface area (Å²) in [5.41, 5.74) is 0. The van der Waals surface area contributed by atoms with Crippen LogP contribution in [0.25, 0.3) is 0 Å². The molecular weight excluding hydrogens is 779 g/mol. The molecule has 0 heterocycles. The van der Waals surface area contributed by atoms with Gasteiger partial charge in [0.1, 0.15) is 6.10 Å². The average Bonchev–Trinajstić information content (AvgIpc) is 3.28. The van der Waals surface area contributed by atoms with Crippen LogP contribution in [-0.4, -0.2) is 46.9 Å². The van der Waals surface area contributed by atoms with Crippen molar-refractivity contribution in [3.63, 3.8) is 0 Å². The second kappa shape index (κ2) is 50.3. The fourth-order valence-electron chi connectivity index (χ4n) is 7.94. The van der Waals surface area contributed by atoms with Crippen LogP contribution in [-0.2, 0) is 14.3 Å². The van der Waals surface area contributed by atoms with E-state index < -0.39 is 18.2 Å². The molecule has 0 spiro atoms. The maximum Gasteiger partial charge on any atom is 0.306 e. The quantitative estimate of drug-likeness (QED) is 0.0321. The van der Waals surface area contributed by atoms with Gasteiger partial charge in [0.05, 0.1) is 25.2 Å². The summed E-state index contributed by atoms with van der Waals surface area (Å²) in [7, 11) is 0. The number of unbranched alkanes of at least 4 members (excludes halogenated alkanes) is 28. The summed E-state index contributed by atoms with van der Waals surface area (Å²) < 4.78 is 5.91. The second-order valence-corrected chi connectivity index (χ2v) is 18.1. The third kappa shape index (κ3) is 45.7. The maximum atomic E-state index is 13.2. The van der Waals surface area contributed by atoms with E-state index in [9.17, 15) is 19.8 Å². The van der Waals surface area contributed by atoms with Crippen LogP contribution in [0.4, 0.5) is 0 Å². The summed E-state index contributed by atoms with van der Waals surface area (Å²) in [5, 5.41) is 23.8. The summed E-state index contributed by atoms with van der Waals surface area (Å²) in [6.45, 7) is 6.33. The average molecular weight is 880 g/mol. The highest BCUT2D eigenvalue weighted by Crippen LogP contribution is 2.18. The normalized spacial score (nSPS) is 13.8. The molecule has 3 atom stereocenters. The fourth-order valence-corrected chi connectivity index (χ4v) is 7.94. The molecule has 0 bridgehead atoms. The first-order valence-electron chi connectivity index (χ1n) is 26.7. The van der Waals surface area contributed by atoms with Gasteiger partial charge in [-0.05, 0) is 38.5 Å². The van der Waals surface area contributed by atoms with Gasteiger partial charge in [0.2, 0.25) is 5.91 Å². The van der Waals surface area contributed by atoms with E-state index in [1.807, 2.05) is 60.8 Å². The Morgan fingerprint density at radius 1 is 0.476 bits per heavy atom. The first kappa shape index (κ1) is 60.3. The number of hydrogen-bond acceptors (Lipinski definition) is 5. The minimum Gasteiger partial charge on any atom is -0.462 e. The molecule has 1 amide bonds. The van der Waals surface area contributed by atoms with Gasteiger partial charge in [-0.2, -0.15) is 0 Å². The number of rotatable bonds is 47. The Bertz CT molecular complexity index is 1170. The third-order valence-electron chi connectivity index (χ3n) is 12.0. The van der Waals surface area contributed by atoms with E-state index in [1.165, 1.54) is 148 Å². The highest BCUT2D eigenvalue weighted by molar-refractivity contribution is 5.77. The summed E-state index contributed by atoms with van der Waals surface area (Å²) in [6.07, 6.45) is 63.9. The number of allylic oxidation sites excluding steroid dienone is 12. The predicted molar refractivity (Wildman–Crippen MR) is 273 cm³/mol. The van der Waals surface area contributed by atoms with Crippen LogP contribution < -0.4 is 5.32 Å². The molecule has 6 nitrogen and oxygen atoms in total. The molecule has 0 aliphatic rings. The number of nitrogens with one attached hydrogen (secondary N) is 1. The van der Waals surface area contributed by atoms with Crippen molar-refractivity contribution in [1.82, 2.24) is 5.32 Å². The number of carbonyl (C=O) groups is 2. The molecule has 0 saturated carbocycles. The van der Waals surface area contributed by atoms with Crippen LogP contribution in [0.3, 0.4) is 0 Å². The SMILES string of the molecule is CC\C=C/C=C/C=C/C=C\C=C\C=C\CCCC(CC(=O)NC(CO)C(O)CCCCCCCCCCCCCCC)OC(=O)CCCCCCCCCCCCCCCCCC. The van der Waals surface area contributed by atoms with Crippen molar-refractivity contribution in [3.05, 3.63) is 72.9 Å². The maximum absolute atomic E-state index is 13.2. The van der Waals surface area contributed by atoms with Gasteiger partial charge < -0.3 is 20.3 Å². The molecule has 0 aliphatic carbocycles. The zero-order chi connectivity index (χ0) is 45.9. The zero-order valence-electron chi connectivity index (χ0n) is 41.4. The van der Waals surface area contributed by atoms with Crippen molar-refractivity contribution in [2.24, 2.45) is 0 Å². The monoisotopic (exact) mass is 880 g/mol. The van der Waals surface area contributed by atoms with E-state index in [0.29, 0.717) is 19.3 Å². The molecule has 0 fully saturated rings. The summed E-state index contributed by atoms with van der Waals surface area (Å²) >= 11 is 0. The molecule has 0 rings (SSSR count). The molecule has 0 aromatic carbocycles. The largest absolute Gasteiger partial charge is 0.462 e. The lowest BCUT2D eigenvalue weighted by molar-refractivity contribution is -0.151. The molecule has 0 saturated heterocycles. The van der Waals surface area contributed by atoms with Gasteiger partial charge in [-0.25, -0.2) is 0 Å². The van der Waals surface area contributed by atoms with Crippen LogP contribution >= 0.6 is 0 Å². The van der Waals surface area contributed by atoms with E-state index >= 15 is 0 Å². The van der Waals surface area contributed by atoms with Crippen molar-refractivity contribution in [3.8, 4) is 0 Å². The molecule has 3 unspecified atom stereocenters. The standard InChI is InChI=1S/C57H101NO5/c1-4-7-10-13-16-19-22-25-27-29-32-35-38-41-44-47-50-57(62)63-53(48-45-42-39-36-33-31-28-26-23-20-17-14-11-8-5-2)51-56(61)58-54(52-59)55(60)49-46-43-40-37-34-30-24-21-18-15-12-9-6-3/h8,11,14,17,20,23,26,28,31,33,36,39,53-55,59-60H,4-7,9-10,12-13,15-16,18-19,21-22,24-25,27,29-30,32,34-35,37-38,40-52H2,1-3H3,(H,58,61)/b11-8-,17-14+,23-20+,28-26-,33-31+,39-36+. The molecule has 6 heteroatoms. The van der Waals surface area contributed by atoms with Crippen LogP contribution in [0.2, 0.25) is 0 Å². The number of hydrogen-bond donors (Lipinski definition) is 3. The Balaban J connectivity index is 4.69. The van der Waals surface area contributed by atoms with E-state index in [-0.39, 0.29) is 24.9 Å². The fraction of sp³-hybridized carbons (Fsp3) is 0.754.